The summed E-state index contributed by atoms with van der Waals surface area (Å²) in [5, 5.41) is 0. The third-order valence-corrected chi connectivity index (χ3v) is 3.99. The maximum Gasteiger partial charge on any atom is 0.264 e. The zero-order chi connectivity index (χ0) is 13.8. The van der Waals surface area contributed by atoms with Crippen LogP contribution in [0.4, 0.5) is 0 Å². The fourth-order valence-corrected chi connectivity index (χ4v) is 2.35. The normalized spacial score (nSPS) is 13.1. The Bertz CT molecular complexity index is 514. The summed E-state index contributed by atoms with van der Waals surface area (Å²) in [5.41, 5.74) is 11.6. The van der Waals surface area contributed by atoms with E-state index in [0.717, 1.165) is 5.56 Å². The maximum absolute atomic E-state index is 11.8. The molecule has 0 saturated heterocycles. The minimum absolute atomic E-state index is 0.0144. The van der Waals surface area contributed by atoms with E-state index in [4.69, 9.17) is 11.5 Å². The van der Waals surface area contributed by atoms with Gasteiger partial charge in [0.05, 0.1) is 10.9 Å². The second-order valence-electron chi connectivity index (χ2n) is 3.61. The Morgan fingerprint density at radius 1 is 1.33 bits per heavy atom. The van der Waals surface area contributed by atoms with E-state index in [1.807, 2.05) is 4.72 Å². The van der Waals surface area contributed by atoms with Gasteiger partial charge in [-0.3, -0.25) is 4.79 Å². The topological polar surface area (TPSA) is 115 Å². The molecule has 0 aromatic heterocycles. The Hall–Kier alpha value is -1.09. The molecule has 100 valence electrons. The minimum atomic E-state index is -3.89. The molecule has 0 saturated carbocycles. The van der Waals surface area contributed by atoms with Gasteiger partial charge in [0.2, 0.25) is 0 Å². The molecule has 0 bridgehead atoms. The average molecular weight is 289 g/mol. The van der Waals surface area contributed by atoms with Crippen molar-refractivity contribution in [2.24, 2.45) is 11.5 Å². The number of hydrogen-bond acceptors (Lipinski definition) is 6. The van der Waals surface area contributed by atoms with Gasteiger partial charge in [0.1, 0.15) is 0 Å². The van der Waals surface area contributed by atoms with E-state index in [-0.39, 0.29) is 10.6 Å². The molecule has 18 heavy (non-hydrogen) atoms. The molecule has 1 amide bonds. The Labute approximate surface area is 111 Å². The first-order chi connectivity index (χ1) is 8.40. The average Bonchev–Trinajstić information content (AvgIpc) is 2.37. The van der Waals surface area contributed by atoms with Gasteiger partial charge in [0, 0.05) is 12.3 Å². The largest absolute Gasteiger partial charge is 0.326 e. The number of carbonyl (C=O) groups excluding carboxylic acids is 1. The van der Waals surface area contributed by atoms with E-state index in [9.17, 15) is 13.2 Å². The fourth-order valence-electron chi connectivity index (χ4n) is 1.15. The van der Waals surface area contributed by atoms with E-state index in [1.54, 1.807) is 12.1 Å². The number of rotatable bonds is 5. The van der Waals surface area contributed by atoms with Crippen LogP contribution >= 0.6 is 12.6 Å². The highest BCUT2D eigenvalue weighted by atomic mass is 32.2. The molecule has 0 aliphatic rings. The first kappa shape index (κ1) is 15.0. The van der Waals surface area contributed by atoms with Crippen LogP contribution in [0.2, 0.25) is 0 Å². The van der Waals surface area contributed by atoms with Crippen LogP contribution in [0.3, 0.4) is 0 Å². The standard InChI is InChI=1S/C10H15N3O3S2/c11-5-7-1-3-8(4-2-7)18(15,16)13-10(14)9(12)6-17/h1-4,9,17H,5-6,11-12H2,(H,13,14). The van der Waals surface area contributed by atoms with E-state index < -0.39 is 22.0 Å². The van der Waals surface area contributed by atoms with Crippen molar-refractivity contribution in [1.29, 1.82) is 0 Å². The summed E-state index contributed by atoms with van der Waals surface area (Å²) in [7, 11) is -3.89. The Balaban J connectivity index is 2.89. The smallest absolute Gasteiger partial charge is 0.264 e. The summed E-state index contributed by atoms with van der Waals surface area (Å²) in [5.74, 6) is -0.721. The van der Waals surface area contributed by atoms with Crippen LogP contribution in [-0.2, 0) is 21.4 Å². The molecule has 5 N–H and O–H groups in total. The first-order valence-electron chi connectivity index (χ1n) is 5.13. The zero-order valence-corrected chi connectivity index (χ0v) is 11.2. The SMILES string of the molecule is NCc1ccc(S(=O)(=O)NC(=O)C(N)CS)cc1. The van der Waals surface area contributed by atoms with Gasteiger partial charge in [-0.05, 0) is 17.7 Å². The lowest BCUT2D eigenvalue weighted by molar-refractivity contribution is -0.120. The predicted molar refractivity (Wildman–Crippen MR) is 71.5 cm³/mol. The maximum atomic E-state index is 11.8. The summed E-state index contributed by atoms with van der Waals surface area (Å²) in [6, 6.07) is 4.95. The minimum Gasteiger partial charge on any atom is -0.326 e. The van der Waals surface area contributed by atoms with Crippen molar-refractivity contribution in [1.82, 2.24) is 4.72 Å². The third-order valence-electron chi connectivity index (χ3n) is 2.24. The molecule has 1 aromatic carbocycles. The second kappa shape index (κ2) is 6.19. The molecule has 8 heteroatoms. The summed E-state index contributed by atoms with van der Waals surface area (Å²) in [6.45, 7) is 0.317. The van der Waals surface area contributed by atoms with Crippen LogP contribution in [0, 0.1) is 0 Å². The van der Waals surface area contributed by atoms with Gasteiger partial charge in [0.25, 0.3) is 15.9 Å². The van der Waals surface area contributed by atoms with Crippen molar-refractivity contribution in [3.8, 4) is 0 Å². The number of thiol groups is 1. The lowest BCUT2D eigenvalue weighted by Crippen LogP contribution is -2.44. The molecule has 1 unspecified atom stereocenters. The summed E-state index contributed by atoms with van der Waals surface area (Å²) in [6.07, 6.45) is 0. The lowest BCUT2D eigenvalue weighted by Gasteiger charge is -2.10. The predicted octanol–water partition coefficient (Wildman–Crippen LogP) is -0.793. The number of nitrogens with two attached hydrogens (primary N) is 2. The Kier molecular flexibility index (Phi) is 5.15. The molecule has 1 aromatic rings. The number of sulfonamides is 1. The number of amides is 1. The van der Waals surface area contributed by atoms with E-state index >= 15 is 0 Å². The van der Waals surface area contributed by atoms with Gasteiger partial charge in [-0.1, -0.05) is 12.1 Å². The van der Waals surface area contributed by atoms with Crippen molar-refractivity contribution in [2.75, 3.05) is 5.75 Å². The number of benzene rings is 1. The lowest BCUT2D eigenvalue weighted by atomic mass is 10.2. The quantitative estimate of drug-likeness (QED) is 0.530. The molecule has 0 spiro atoms. The molecule has 0 heterocycles. The molecular weight excluding hydrogens is 274 g/mol. The summed E-state index contributed by atoms with van der Waals surface area (Å²) >= 11 is 3.82. The summed E-state index contributed by atoms with van der Waals surface area (Å²) < 4.78 is 25.5. The highest BCUT2D eigenvalue weighted by molar-refractivity contribution is 7.90. The molecular formula is C10H15N3O3S2. The van der Waals surface area contributed by atoms with E-state index in [0.29, 0.717) is 6.54 Å². The van der Waals surface area contributed by atoms with Gasteiger partial charge in [-0.2, -0.15) is 12.6 Å². The Morgan fingerprint density at radius 2 is 1.89 bits per heavy atom. The monoisotopic (exact) mass is 289 g/mol. The molecule has 0 aliphatic carbocycles. The van der Waals surface area contributed by atoms with Gasteiger partial charge >= 0.3 is 0 Å². The Morgan fingerprint density at radius 3 is 2.33 bits per heavy atom. The van der Waals surface area contributed by atoms with Crippen molar-refractivity contribution in [2.45, 2.75) is 17.5 Å². The van der Waals surface area contributed by atoms with E-state index in [2.05, 4.69) is 12.6 Å². The van der Waals surface area contributed by atoms with Crippen molar-refractivity contribution in [3.05, 3.63) is 29.8 Å². The van der Waals surface area contributed by atoms with Crippen molar-refractivity contribution >= 4 is 28.6 Å². The molecule has 1 atom stereocenters. The van der Waals surface area contributed by atoms with Gasteiger partial charge in [0.15, 0.2) is 0 Å². The van der Waals surface area contributed by atoms with E-state index in [1.165, 1.54) is 12.1 Å². The van der Waals surface area contributed by atoms with Gasteiger partial charge in [-0.25, -0.2) is 13.1 Å². The highest BCUT2D eigenvalue weighted by Gasteiger charge is 2.20. The van der Waals surface area contributed by atoms with Crippen LogP contribution < -0.4 is 16.2 Å². The van der Waals surface area contributed by atoms with Crippen LogP contribution in [-0.4, -0.2) is 26.1 Å². The van der Waals surface area contributed by atoms with Crippen molar-refractivity contribution in [3.63, 3.8) is 0 Å². The number of nitrogens with one attached hydrogen (secondary N) is 1. The second-order valence-corrected chi connectivity index (χ2v) is 5.65. The molecule has 0 aliphatic heterocycles. The van der Waals surface area contributed by atoms with Gasteiger partial charge in [-0.15, -0.1) is 0 Å². The molecule has 6 nitrogen and oxygen atoms in total. The summed E-state index contributed by atoms with van der Waals surface area (Å²) in [4.78, 5) is 11.4. The molecule has 0 radical (unpaired) electrons. The first-order valence-corrected chi connectivity index (χ1v) is 7.24. The number of carbonyl (C=O) groups is 1. The molecule has 0 fully saturated rings. The van der Waals surface area contributed by atoms with Crippen LogP contribution in [0.15, 0.2) is 29.2 Å². The van der Waals surface area contributed by atoms with Crippen molar-refractivity contribution < 1.29 is 13.2 Å². The van der Waals surface area contributed by atoms with Crippen LogP contribution in [0.1, 0.15) is 5.56 Å². The van der Waals surface area contributed by atoms with Gasteiger partial charge < -0.3 is 11.5 Å². The third kappa shape index (κ3) is 3.70. The van der Waals surface area contributed by atoms with Crippen LogP contribution in [0.5, 0.6) is 0 Å². The number of hydrogen-bond donors (Lipinski definition) is 4. The van der Waals surface area contributed by atoms with Crippen LogP contribution in [0.25, 0.3) is 0 Å². The fraction of sp³-hybridized carbons (Fsp3) is 0.300. The zero-order valence-electron chi connectivity index (χ0n) is 9.54. The highest BCUT2D eigenvalue weighted by Crippen LogP contribution is 2.10. The molecule has 1 rings (SSSR count).